The van der Waals surface area contributed by atoms with Crippen molar-refractivity contribution in [3.05, 3.63) is 97.1 Å². The summed E-state index contributed by atoms with van der Waals surface area (Å²) in [6, 6.07) is 12.7. The Kier molecular flexibility index (Phi) is 18.1. The molecule has 4 nitrogen and oxygen atoms in total. The average molecular weight is 530 g/mol. The van der Waals surface area contributed by atoms with Crippen LogP contribution in [0.3, 0.4) is 0 Å². The standard InChI is InChI=1S/2C7H6O2S.2C5H5.Zr/c2*8-6-1-3-7(4-2-6)9-5-10;2*1-2-4-5-3-1;/h2*1-5,8H;2*1-3H,4H2;/q;;2*-1;+2. The van der Waals surface area contributed by atoms with E-state index in [9.17, 15) is 0 Å². The Labute approximate surface area is 213 Å². The first-order valence-electron chi connectivity index (χ1n) is 8.88. The van der Waals surface area contributed by atoms with Gasteiger partial charge >= 0.3 is 26.2 Å². The summed E-state index contributed by atoms with van der Waals surface area (Å²) in [5.74, 6) is 1.70. The number of aromatic hydroxyl groups is 2. The molecule has 2 N–H and O–H groups in total. The zero-order chi connectivity index (χ0) is 21.9. The molecule has 0 aromatic heterocycles. The van der Waals surface area contributed by atoms with Crippen LogP contribution in [0.25, 0.3) is 0 Å². The molecule has 0 radical (unpaired) electrons. The van der Waals surface area contributed by atoms with Gasteiger partial charge in [-0.25, -0.2) is 24.3 Å². The second kappa shape index (κ2) is 19.6. The quantitative estimate of drug-likeness (QED) is 0.371. The van der Waals surface area contributed by atoms with Crippen LogP contribution in [0.4, 0.5) is 0 Å². The molecule has 0 saturated heterocycles. The van der Waals surface area contributed by atoms with Crippen molar-refractivity contribution in [2.24, 2.45) is 0 Å². The van der Waals surface area contributed by atoms with E-state index in [1.54, 1.807) is 24.3 Å². The summed E-state index contributed by atoms with van der Waals surface area (Å²) in [6.07, 6.45) is 20.0. The molecule has 7 heteroatoms. The fourth-order valence-corrected chi connectivity index (χ4v) is 2.06. The molecule has 0 heterocycles. The number of hydrogen-bond donors (Lipinski definition) is 2. The van der Waals surface area contributed by atoms with Gasteiger partial charge in [0.1, 0.15) is 23.0 Å². The second-order valence-electron chi connectivity index (χ2n) is 5.42. The van der Waals surface area contributed by atoms with Crippen LogP contribution in [-0.4, -0.2) is 21.3 Å². The first-order valence-corrected chi connectivity index (χ1v) is 9.82. The van der Waals surface area contributed by atoms with Gasteiger partial charge in [0.25, 0.3) is 0 Å². The van der Waals surface area contributed by atoms with E-state index in [1.807, 2.05) is 24.3 Å². The number of ether oxygens (including phenoxy) is 2. The van der Waals surface area contributed by atoms with Gasteiger partial charge < -0.3 is 19.7 Å². The first kappa shape index (κ1) is 28.7. The predicted octanol–water partition coefficient (Wildman–Crippen LogP) is 6.07. The van der Waals surface area contributed by atoms with Crippen LogP contribution in [-0.2, 0) is 26.2 Å². The van der Waals surface area contributed by atoms with Crippen LogP contribution in [0.2, 0.25) is 0 Å². The van der Waals surface area contributed by atoms with E-state index in [4.69, 9.17) is 19.7 Å². The average Bonchev–Trinajstić information content (AvgIpc) is 3.52. The molecule has 0 fully saturated rings. The van der Waals surface area contributed by atoms with E-state index in [0.29, 0.717) is 11.5 Å². The summed E-state index contributed by atoms with van der Waals surface area (Å²) in [6.45, 7) is 0. The van der Waals surface area contributed by atoms with Crippen molar-refractivity contribution in [2.45, 2.75) is 12.8 Å². The van der Waals surface area contributed by atoms with Crippen molar-refractivity contribution in [2.75, 3.05) is 0 Å². The molecular formula is C24H22O4S2Zr. The largest absolute Gasteiger partial charge is 2.00 e. The van der Waals surface area contributed by atoms with Crippen molar-refractivity contribution >= 4 is 35.5 Å². The van der Waals surface area contributed by atoms with E-state index in [-0.39, 0.29) is 37.7 Å². The normalized spacial score (nSPS) is 11.4. The molecule has 0 spiro atoms. The van der Waals surface area contributed by atoms with Crippen LogP contribution in [0, 0.1) is 12.2 Å². The van der Waals surface area contributed by atoms with Crippen molar-refractivity contribution in [1.82, 2.24) is 0 Å². The molecule has 0 atom stereocenters. The van der Waals surface area contributed by atoms with E-state index in [1.165, 1.54) is 35.4 Å². The van der Waals surface area contributed by atoms with Gasteiger partial charge in [-0.2, -0.15) is 12.2 Å². The van der Waals surface area contributed by atoms with E-state index < -0.39 is 0 Å². The zero-order valence-electron chi connectivity index (χ0n) is 16.7. The molecule has 4 rings (SSSR count). The van der Waals surface area contributed by atoms with Gasteiger partial charge in [0.05, 0.1) is 0 Å². The fraction of sp³-hybridized carbons (Fsp3) is 0.0833. The third kappa shape index (κ3) is 16.1. The monoisotopic (exact) mass is 528 g/mol. The number of phenols is 2. The minimum Gasteiger partial charge on any atom is -0.508 e. The Morgan fingerprint density at radius 1 is 0.677 bits per heavy atom. The summed E-state index contributed by atoms with van der Waals surface area (Å²) in [5.41, 5.74) is 2.35. The van der Waals surface area contributed by atoms with Gasteiger partial charge in [-0.3, -0.25) is 12.2 Å². The summed E-state index contributed by atoms with van der Waals surface area (Å²) in [7, 11) is 0. The maximum Gasteiger partial charge on any atom is 2.00 e. The molecule has 2 aliphatic carbocycles. The Morgan fingerprint density at radius 3 is 1.23 bits per heavy atom. The number of hydrogen-bond acceptors (Lipinski definition) is 6. The van der Waals surface area contributed by atoms with Crippen LogP contribution in [0.15, 0.2) is 85.0 Å². The van der Waals surface area contributed by atoms with Crippen LogP contribution >= 0.6 is 24.4 Å². The van der Waals surface area contributed by atoms with Gasteiger partial charge in [0, 0.05) is 0 Å². The molecular weight excluding hydrogens is 508 g/mol. The minimum absolute atomic E-state index is 0. The maximum absolute atomic E-state index is 8.83. The molecule has 0 unspecified atom stereocenters. The van der Waals surface area contributed by atoms with Gasteiger partial charge in [-0.15, -0.1) is 12.8 Å². The zero-order valence-corrected chi connectivity index (χ0v) is 20.8. The molecule has 2 aromatic rings. The van der Waals surface area contributed by atoms with Crippen LogP contribution < -0.4 is 9.47 Å². The predicted molar refractivity (Wildman–Crippen MR) is 128 cm³/mol. The molecule has 0 aliphatic heterocycles. The Balaban J connectivity index is 0.000000401. The first-order chi connectivity index (χ1) is 14.7. The Morgan fingerprint density at radius 2 is 1.03 bits per heavy atom. The Hall–Kier alpha value is -2.34. The number of phenolic OH excluding ortho intramolecular Hbond substituents is 2. The third-order valence-corrected chi connectivity index (χ3v) is 3.41. The van der Waals surface area contributed by atoms with Crippen LogP contribution in [0.5, 0.6) is 23.0 Å². The topological polar surface area (TPSA) is 58.9 Å². The molecule has 0 bridgehead atoms. The number of allylic oxidation sites excluding steroid dienone is 8. The Bertz CT molecular complexity index is 765. The molecule has 2 aliphatic rings. The van der Waals surface area contributed by atoms with Crippen LogP contribution in [0.1, 0.15) is 12.8 Å². The second-order valence-corrected chi connectivity index (χ2v) is 5.81. The molecule has 31 heavy (non-hydrogen) atoms. The van der Waals surface area contributed by atoms with E-state index >= 15 is 0 Å². The van der Waals surface area contributed by atoms with Crippen molar-refractivity contribution < 1.29 is 45.9 Å². The molecule has 158 valence electrons. The minimum atomic E-state index is 0. The number of thiocarbonyl (C=S) groups is 2. The summed E-state index contributed by atoms with van der Waals surface area (Å²) in [5, 5.41) is 17.7. The number of rotatable bonds is 4. The van der Waals surface area contributed by atoms with Gasteiger partial charge in [-0.1, -0.05) is 0 Å². The molecule has 2 aromatic carbocycles. The molecule has 0 amide bonds. The third-order valence-electron chi connectivity index (χ3n) is 3.21. The van der Waals surface area contributed by atoms with Gasteiger partial charge in [0.15, 0.2) is 11.1 Å². The van der Waals surface area contributed by atoms with E-state index in [0.717, 1.165) is 12.8 Å². The van der Waals surface area contributed by atoms with Gasteiger partial charge in [0.2, 0.25) is 0 Å². The summed E-state index contributed by atoms with van der Waals surface area (Å²) < 4.78 is 9.68. The SMILES string of the molecule is Oc1ccc(OC=S)cc1.Oc1ccc(OC=S)cc1.[C-]1=CC=CC1.[C-]1=CC=CC1.[Zr+2]. The number of benzene rings is 2. The fourth-order valence-electron chi connectivity index (χ4n) is 1.84. The maximum atomic E-state index is 8.83. The molecule has 0 saturated carbocycles. The summed E-state index contributed by atoms with van der Waals surface area (Å²) in [4.78, 5) is 0. The van der Waals surface area contributed by atoms with E-state index in [2.05, 4.69) is 48.7 Å². The smallest absolute Gasteiger partial charge is 0.508 e. The van der Waals surface area contributed by atoms with Crippen molar-refractivity contribution in [3.8, 4) is 23.0 Å². The van der Waals surface area contributed by atoms with Crippen molar-refractivity contribution in [3.63, 3.8) is 0 Å². The summed E-state index contributed by atoms with van der Waals surface area (Å²) >= 11 is 8.91. The van der Waals surface area contributed by atoms with Gasteiger partial charge in [-0.05, 0) is 73.0 Å². The van der Waals surface area contributed by atoms with Crippen molar-refractivity contribution in [1.29, 1.82) is 0 Å².